The maximum Gasteiger partial charge on any atom is 0.253 e. The molecule has 3 heterocycles. The van der Waals surface area contributed by atoms with E-state index in [4.69, 9.17) is 11.6 Å². The Morgan fingerprint density at radius 3 is 2.72 bits per heavy atom. The predicted octanol–water partition coefficient (Wildman–Crippen LogP) is 3.08. The van der Waals surface area contributed by atoms with Crippen molar-refractivity contribution >= 4 is 49.6 Å². The summed E-state index contributed by atoms with van der Waals surface area (Å²) in [7, 11) is -3.61. The van der Waals surface area contributed by atoms with E-state index in [1.165, 1.54) is 10.2 Å². The van der Waals surface area contributed by atoms with Gasteiger partial charge in [0.25, 0.3) is 5.91 Å². The zero-order chi connectivity index (χ0) is 20.8. The van der Waals surface area contributed by atoms with Gasteiger partial charge < -0.3 is 10.3 Å². The number of carbonyl (C=O) groups is 1. The van der Waals surface area contributed by atoms with Gasteiger partial charge in [-0.15, -0.1) is 0 Å². The lowest BCUT2D eigenvalue weighted by Gasteiger charge is -2.09. The molecule has 0 unspecified atom stereocenters. The highest BCUT2D eigenvalue weighted by Crippen LogP contribution is 2.24. The second kappa shape index (κ2) is 7.16. The quantitative estimate of drug-likeness (QED) is 0.472. The maximum atomic E-state index is 12.8. The maximum absolute atomic E-state index is 12.8. The van der Waals surface area contributed by atoms with E-state index in [0.717, 1.165) is 0 Å². The SMILES string of the molecule is CC(C)S(=O)(=O)n1cc(C(=O)NCc2nc3ccc(Cl)nc3[nH]2)c2ccccc21. The van der Waals surface area contributed by atoms with Crippen LogP contribution >= 0.6 is 11.6 Å². The molecule has 29 heavy (non-hydrogen) atoms. The van der Waals surface area contributed by atoms with Gasteiger partial charge in [0, 0.05) is 11.6 Å². The highest BCUT2D eigenvalue weighted by molar-refractivity contribution is 7.90. The first-order valence-corrected chi connectivity index (χ1v) is 10.8. The van der Waals surface area contributed by atoms with Crippen LogP contribution in [0.3, 0.4) is 0 Å². The molecule has 0 saturated heterocycles. The number of amides is 1. The predicted molar refractivity (Wildman–Crippen MR) is 111 cm³/mol. The van der Waals surface area contributed by atoms with Crippen LogP contribution in [0.1, 0.15) is 30.0 Å². The number of hydrogen-bond donors (Lipinski definition) is 2. The van der Waals surface area contributed by atoms with E-state index < -0.39 is 21.2 Å². The first-order valence-electron chi connectivity index (χ1n) is 8.91. The van der Waals surface area contributed by atoms with E-state index in [1.807, 2.05) is 0 Å². The number of para-hydroxylation sites is 1. The number of aromatic amines is 1. The molecule has 0 spiro atoms. The average molecular weight is 432 g/mol. The highest BCUT2D eigenvalue weighted by Gasteiger charge is 2.24. The molecule has 0 aliphatic rings. The van der Waals surface area contributed by atoms with Crippen molar-refractivity contribution in [1.82, 2.24) is 24.2 Å². The third kappa shape index (κ3) is 3.47. The van der Waals surface area contributed by atoms with Crippen LogP contribution in [0, 0.1) is 0 Å². The first kappa shape index (κ1) is 19.4. The number of nitrogens with zero attached hydrogens (tertiary/aromatic N) is 3. The van der Waals surface area contributed by atoms with Crippen molar-refractivity contribution in [3.8, 4) is 0 Å². The Hall–Kier alpha value is -2.91. The van der Waals surface area contributed by atoms with Crippen LogP contribution in [-0.2, 0) is 16.6 Å². The summed E-state index contributed by atoms with van der Waals surface area (Å²) in [5.74, 6) is 0.118. The third-order valence-corrected chi connectivity index (χ3v) is 6.82. The second-order valence-corrected chi connectivity index (χ2v) is 9.57. The van der Waals surface area contributed by atoms with Crippen LogP contribution in [0.2, 0.25) is 5.15 Å². The molecule has 4 rings (SSSR count). The molecule has 0 radical (unpaired) electrons. The number of pyridine rings is 1. The van der Waals surface area contributed by atoms with E-state index in [9.17, 15) is 13.2 Å². The van der Waals surface area contributed by atoms with Crippen molar-refractivity contribution in [2.75, 3.05) is 0 Å². The number of nitrogens with one attached hydrogen (secondary N) is 2. The molecule has 150 valence electrons. The Morgan fingerprint density at radius 2 is 1.97 bits per heavy atom. The number of H-pyrrole nitrogens is 1. The smallest absolute Gasteiger partial charge is 0.253 e. The molecule has 10 heteroatoms. The van der Waals surface area contributed by atoms with Gasteiger partial charge in [0.2, 0.25) is 10.0 Å². The Morgan fingerprint density at radius 1 is 1.21 bits per heavy atom. The second-order valence-electron chi connectivity index (χ2n) is 6.82. The molecule has 0 fully saturated rings. The molecule has 0 saturated carbocycles. The van der Waals surface area contributed by atoms with Crippen LogP contribution in [0.5, 0.6) is 0 Å². The number of fused-ring (bicyclic) bond motifs is 2. The number of benzene rings is 1. The average Bonchev–Trinajstić information content (AvgIpc) is 3.27. The topological polar surface area (TPSA) is 110 Å². The third-order valence-electron chi connectivity index (χ3n) is 4.57. The van der Waals surface area contributed by atoms with Crippen molar-refractivity contribution < 1.29 is 13.2 Å². The van der Waals surface area contributed by atoms with Gasteiger partial charge >= 0.3 is 0 Å². The van der Waals surface area contributed by atoms with Gasteiger partial charge in [0.05, 0.1) is 22.9 Å². The fourth-order valence-corrected chi connectivity index (χ4v) is 4.32. The van der Waals surface area contributed by atoms with Crippen LogP contribution in [0.4, 0.5) is 0 Å². The van der Waals surface area contributed by atoms with Gasteiger partial charge in [-0.2, -0.15) is 0 Å². The summed E-state index contributed by atoms with van der Waals surface area (Å²) in [6.07, 6.45) is 1.37. The van der Waals surface area contributed by atoms with Gasteiger partial charge in [0.1, 0.15) is 16.5 Å². The lowest BCUT2D eigenvalue weighted by atomic mass is 10.1. The molecule has 0 atom stereocenters. The van der Waals surface area contributed by atoms with Crippen molar-refractivity contribution in [2.45, 2.75) is 25.6 Å². The molecule has 0 aliphatic heterocycles. The Bertz CT molecular complexity index is 1340. The molecule has 4 aromatic rings. The zero-order valence-electron chi connectivity index (χ0n) is 15.7. The van der Waals surface area contributed by atoms with Gasteiger partial charge in [-0.05, 0) is 32.0 Å². The molecular formula is C19H18ClN5O3S. The fraction of sp³-hybridized carbons (Fsp3) is 0.211. The van der Waals surface area contributed by atoms with Crippen molar-refractivity contribution in [2.24, 2.45) is 0 Å². The number of aromatic nitrogens is 4. The summed E-state index contributed by atoms with van der Waals surface area (Å²) in [6, 6.07) is 10.3. The van der Waals surface area contributed by atoms with Gasteiger partial charge in [-0.1, -0.05) is 29.8 Å². The largest absolute Gasteiger partial charge is 0.345 e. The normalized spacial score (nSPS) is 12.1. The summed E-state index contributed by atoms with van der Waals surface area (Å²) in [6.45, 7) is 3.33. The summed E-state index contributed by atoms with van der Waals surface area (Å²) in [5.41, 5.74) is 1.91. The van der Waals surface area contributed by atoms with E-state index in [2.05, 4.69) is 20.3 Å². The minimum Gasteiger partial charge on any atom is -0.345 e. The molecule has 8 nitrogen and oxygen atoms in total. The van der Waals surface area contributed by atoms with Crippen molar-refractivity contribution in [3.63, 3.8) is 0 Å². The van der Waals surface area contributed by atoms with Crippen LogP contribution < -0.4 is 5.32 Å². The molecule has 0 aliphatic carbocycles. The van der Waals surface area contributed by atoms with E-state index >= 15 is 0 Å². The first-order chi connectivity index (χ1) is 13.8. The van der Waals surface area contributed by atoms with E-state index in [0.29, 0.717) is 33.0 Å². The number of carbonyl (C=O) groups excluding carboxylic acids is 1. The zero-order valence-corrected chi connectivity index (χ0v) is 17.3. The lowest BCUT2D eigenvalue weighted by Crippen LogP contribution is -2.24. The van der Waals surface area contributed by atoms with Crippen molar-refractivity contribution in [1.29, 1.82) is 0 Å². The summed E-state index contributed by atoms with van der Waals surface area (Å²) < 4.78 is 26.5. The number of rotatable bonds is 5. The summed E-state index contributed by atoms with van der Waals surface area (Å²) >= 11 is 5.87. The molecule has 1 amide bonds. The Labute approximate surface area is 172 Å². The molecule has 3 aromatic heterocycles. The van der Waals surface area contributed by atoms with Crippen molar-refractivity contribution in [3.05, 3.63) is 59.1 Å². The standard InChI is InChI=1S/C19H18ClN5O3S/c1-11(2)29(27,28)25-10-13(12-5-3-4-6-15(12)25)19(26)21-9-17-22-14-7-8-16(20)23-18(14)24-17/h3-8,10-11H,9H2,1-2H3,(H,21,26)(H,22,23,24). The molecular weight excluding hydrogens is 414 g/mol. The minimum atomic E-state index is -3.61. The highest BCUT2D eigenvalue weighted by atomic mass is 35.5. The van der Waals surface area contributed by atoms with Crippen LogP contribution in [0.25, 0.3) is 22.1 Å². The Balaban J connectivity index is 1.64. The molecule has 0 bridgehead atoms. The Kier molecular flexibility index (Phi) is 4.79. The van der Waals surface area contributed by atoms with Gasteiger partial charge in [-0.3, -0.25) is 4.79 Å². The summed E-state index contributed by atoms with van der Waals surface area (Å²) in [5, 5.41) is 3.06. The molecule has 2 N–H and O–H groups in total. The van der Waals surface area contributed by atoms with Crippen LogP contribution in [0.15, 0.2) is 42.6 Å². The molecule has 1 aromatic carbocycles. The number of hydrogen-bond acceptors (Lipinski definition) is 5. The number of halogens is 1. The van der Waals surface area contributed by atoms with Crippen LogP contribution in [-0.4, -0.2) is 38.5 Å². The van der Waals surface area contributed by atoms with Gasteiger partial charge in [-0.25, -0.2) is 22.4 Å². The fourth-order valence-electron chi connectivity index (χ4n) is 3.03. The van der Waals surface area contributed by atoms with Gasteiger partial charge in [0.15, 0.2) is 5.65 Å². The minimum absolute atomic E-state index is 0.128. The van der Waals surface area contributed by atoms with E-state index in [-0.39, 0.29) is 12.1 Å². The number of imidazole rings is 1. The lowest BCUT2D eigenvalue weighted by molar-refractivity contribution is 0.0951. The monoisotopic (exact) mass is 431 g/mol. The van der Waals surface area contributed by atoms with E-state index in [1.54, 1.807) is 50.2 Å². The summed E-state index contributed by atoms with van der Waals surface area (Å²) in [4.78, 5) is 24.3.